The molecule has 0 unspecified atom stereocenters. The molecule has 5 heteroatoms. The van der Waals surface area contributed by atoms with E-state index in [4.69, 9.17) is 0 Å². The highest BCUT2D eigenvalue weighted by Crippen LogP contribution is 2.35. The summed E-state index contributed by atoms with van der Waals surface area (Å²) in [7, 11) is 0. The molecule has 2 aromatic rings. The molecule has 0 fully saturated rings. The molecular formula is C11H6F3N2. The second-order valence-corrected chi connectivity index (χ2v) is 3.08. The second kappa shape index (κ2) is 3.92. The van der Waals surface area contributed by atoms with Crippen molar-refractivity contribution in [3.63, 3.8) is 0 Å². The van der Waals surface area contributed by atoms with Gasteiger partial charge >= 0.3 is 6.18 Å². The first-order valence-electron chi connectivity index (χ1n) is 4.44. The molecule has 0 bridgehead atoms. The van der Waals surface area contributed by atoms with Crippen LogP contribution in [0, 0.1) is 6.20 Å². The smallest absolute Gasteiger partial charge is 0.264 e. The molecule has 0 saturated carbocycles. The van der Waals surface area contributed by atoms with Crippen LogP contribution < -0.4 is 0 Å². The Morgan fingerprint density at radius 2 is 2.00 bits per heavy atom. The van der Waals surface area contributed by atoms with Gasteiger partial charge in [-0.3, -0.25) is 4.98 Å². The molecule has 81 valence electrons. The van der Waals surface area contributed by atoms with E-state index in [1.807, 2.05) is 0 Å². The van der Waals surface area contributed by atoms with Crippen LogP contribution >= 0.6 is 0 Å². The summed E-state index contributed by atoms with van der Waals surface area (Å²) in [5, 5.41) is 0. The lowest BCUT2D eigenvalue weighted by molar-refractivity contribution is -0.137. The average molecular weight is 223 g/mol. The highest BCUT2D eigenvalue weighted by Gasteiger charge is 2.34. The number of rotatable bonds is 1. The molecule has 0 spiro atoms. The van der Waals surface area contributed by atoms with E-state index in [1.54, 1.807) is 6.07 Å². The van der Waals surface area contributed by atoms with Gasteiger partial charge in [-0.2, -0.15) is 13.2 Å². The summed E-state index contributed by atoms with van der Waals surface area (Å²) in [6, 6.07) is 5.18. The van der Waals surface area contributed by atoms with Gasteiger partial charge in [-0.05, 0) is 24.3 Å². The molecule has 0 aromatic carbocycles. The van der Waals surface area contributed by atoms with Crippen molar-refractivity contribution in [2.75, 3.05) is 0 Å². The molecule has 1 radical (unpaired) electrons. The van der Waals surface area contributed by atoms with Crippen molar-refractivity contribution in [3.05, 3.63) is 48.4 Å². The zero-order chi connectivity index (χ0) is 11.6. The predicted octanol–water partition coefficient (Wildman–Crippen LogP) is 2.96. The number of aromatic nitrogens is 2. The molecule has 0 aliphatic rings. The van der Waals surface area contributed by atoms with Gasteiger partial charge in [-0.1, -0.05) is 0 Å². The molecule has 0 atom stereocenters. The fourth-order valence-electron chi connectivity index (χ4n) is 1.31. The molecule has 0 amide bonds. The number of hydrogen-bond acceptors (Lipinski definition) is 2. The van der Waals surface area contributed by atoms with E-state index in [2.05, 4.69) is 16.2 Å². The molecule has 0 aliphatic carbocycles. The van der Waals surface area contributed by atoms with Crippen molar-refractivity contribution >= 4 is 0 Å². The van der Waals surface area contributed by atoms with Gasteiger partial charge in [-0.15, -0.1) is 0 Å². The van der Waals surface area contributed by atoms with Crippen LogP contribution in [0.5, 0.6) is 0 Å². The SMILES string of the molecule is FC(F)(F)c1cc[c]nc1-c1cccnc1. The maximum absolute atomic E-state index is 12.7. The van der Waals surface area contributed by atoms with Crippen molar-refractivity contribution in [3.8, 4) is 11.3 Å². The summed E-state index contributed by atoms with van der Waals surface area (Å²) in [4.78, 5) is 7.39. The minimum Gasteiger partial charge on any atom is -0.264 e. The summed E-state index contributed by atoms with van der Waals surface area (Å²) in [5.41, 5.74) is -0.603. The Hall–Kier alpha value is -1.91. The highest BCUT2D eigenvalue weighted by atomic mass is 19.4. The summed E-state index contributed by atoms with van der Waals surface area (Å²) in [6.45, 7) is 0. The normalized spacial score (nSPS) is 11.4. The molecule has 0 saturated heterocycles. The number of halogens is 3. The van der Waals surface area contributed by atoms with E-state index >= 15 is 0 Å². The van der Waals surface area contributed by atoms with Gasteiger partial charge in [0.05, 0.1) is 17.5 Å². The number of nitrogens with zero attached hydrogens (tertiary/aromatic N) is 2. The van der Waals surface area contributed by atoms with Crippen molar-refractivity contribution in [1.29, 1.82) is 0 Å². The van der Waals surface area contributed by atoms with E-state index in [0.717, 1.165) is 12.1 Å². The summed E-state index contributed by atoms with van der Waals surface area (Å²) < 4.78 is 38.0. The third-order valence-corrected chi connectivity index (χ3v) is 2.00. The minimum absolute atomic E-state index is 0.150. The standard InChI is InChI=1S/C11H6F3N2/c12-11(13,14)9-4-2-6-16-10(9)8-3-1-5-15-7-8/h1-5,7H. The zero-order valence-corrected chi connectivity index (χ0v) is 7.99. The summed E-state index contributed by atoms with van der Waals surface area (Å²) in [6.07, 6.45) is 0.799. The van der Waals surface area contributed by atoms with Gasteiger partial charge in [0.25, 0.3) is 0 Å². The van der Waals surface area contributed by atoms with Gasteiger partial charge in [0.15, 0.2) is 0 Å². The molecule has 2 nitrogen and oxygen atoms in total. The number of pyridine rings is 2. The maximum atomic E-state index is 12.7. The Morgan fingerprint density at radius 1 is 1.19 bits per heavy atom. The molecule has 0 aliphatic heterocycles. The quantitative estimate of drug-likeness (QED) is 0.742. The first-order chi connectivity index (χ1) is 7.59. The predicted molar refractivity (Wildman–Crippen MR) is 51.3 cm³/mol. The van der Waals surface area contributed by atoms with Crippen LogP contribution in [0.4, 0.5) is 13.2 Å². The largest absolute Gasteiger partial charge is 0.418 e. The van der Waals surface area contributed by atoms with E-state index < -0.39 is 11.7 Å². The molecular weight excluding hydrogens is 217 g/mol. The molecule has 2 aromatic heterocycles. The lowest BCUT2D eigenvalue weighted by atomic mass is 10.1. The van der Waals surface area contributed by atoms with Gasteiger partial charge in [0, 0.05) is 18.0 Å². The third-order valence-electron chi connectivity index (χ3n) is 2.00. The van der Waals surface area contributed by atoms with Crippen molar-refractivity contribution in [2.45, 2.75) is 6.18 Å². The lowest BCUT2D eigenvalue weighted by Crippen LogP contribution is -2.08. The van der Waals surface area contributed by atoms with E-state index in [1.165, 1.54) is 18.5 Å². The Morgan fingerprint density at radius 3 is 2.62 bits per heavy atom. The molecule has 0 N–H and O–H groups in total. The van der Waals surface area contributed by atoms with Crippen LogP contribution in [0.3, 0.4) is 0 Å². The Bertz CT molecular complexity index is 480. The van der Waals surface area contributed by atoms with E-state index in [-0.39, 0.29) is 5.69 Å². The maximum Gasteiger partial charge on any atom is 0.418 e. The van der Waals surface area contributed by atoms with Crippen LogP contribution in [-0.4, -0.2) is 9.97 Å². The average Bonchev–Trinajstić information content (AvgIpc) is 2.29. The monoisotopic (exact) mass is 223 g/mol. The first kappa shape index (κ1) is 10.6. The van der Waals surface area contributed by atoms with Crippen LogP contribution in [0.1, 0.15) is 5.56 Å². The van der Waals surface area contributed by atoms with Crippen molar-refractivity contribution < 1.29 is 13.2 Å². The van der Waals surface area contributed by atoms with E-state index in [9.17, 15) is 13.2 Å². The van der Waals surface area contributed by atoms with Crippen LogP contribution in [0.25, 0.3) is 11.3 Å². The fraction of sp³-hybridized carbons (Fsp3) is 0.0909. The highest BCUT2D eigenvalue weighted by molar-refractivity contribution is 5.62. The third kappa shape index (κ3) is 2.03. The van der Waals surface area contributed by atoms with Crippen LogP contribution in [0.15, 0.2) is 36.7 Å². The number of hydrogen-bond donors (Lipinski definition) is 0. The lowest BCUT2D eigenvalue weighted by Gasteiger charge is -2.10. The zero-order valence-electron chi connectivity index (χ0n) is 7.99. The number of alkyl halides is 3. The van der Waals surface area contributed by atoms with Gasteiger partial charge in [0.1, 0.15) is 0 Å². The van der Waals surface area contributed by atoms with Crippen LogP contribution in [0.2, 0.25) is 0 Å². The Labute approximate surface area is 89.8 Å². The molecule has 2 rings (SSSR count). The first-order valence-corrected chi connectivity index (χ1v) is 4.44. The summed E-state index contributed by atoms with van der Waals surface area (Å²) >= 11 is 0. The second-order valence-electron chi connectivity index (χ2n) is 3.08. The fourth-order valence-corrected chi connectivity index (χ4v) is 1.31. The topological polar surface area (TPSA) is 25.8 Å². The van der Waals surface area contributed by atoms with Gasteiger partial charge in [-0.25, -0.2) is 4.98 Å². The Kier molecular flexibility index (Phi) is 2.60. The molecule has 2 heterocycles. The van der Waals surface area contributed by atoms with Crippen LogP contribution in [-0.2, 0) is 6.18 Å². The Balaban J connectivity index is 2.58. The summed E-state index contributed by atoms with van der Waals surface area (Å²) in [5.74, 6) is 0. The van der Waals surface area contributed by atoms with Crippen molar-refractivity contribution in [2.24, 2.45) is 0 Å². The molecule has 16 heavy (non-hydrogen) atoms. The van der Waals surface area contributed by atoms with Gasteiger partial charge in [0.2, 0.25) is 0 Å². The van der Waals surface area contributed by atoms with Crippen molar-refractivity contribution in [1.82, 2.24) is 9.97 Å². The van der Waals surface area contributed by atoms with E-state index in [0.29, 0.717) is 5.56 Å². The minimum atomic E-state index is -4.42. The van der Waals surface area contributed by atoms with Gasteiger partial charge < -0.3 is 0 Å².